The quantitative estimate of drug-likeness (QED) is 0.844. The summed E-state index contributed by atoms with van der Waals surface area (Å²) in [5.74, 6) is -0.123. The van der Waals surface area contributed by atoms with Crippen LogP contribution in [0.1, 0.15) is 44.3 Å². The number of fused-ring (bicyclic) bond motifs is 1. The SMILES string of the molecule is O=C(c1csc(C(=O)N2CCCC2)n1)N1CCc2ccccc2C1. The Morgan fingerprint density at radius 1 is 0.958 bits per heavy atom. The molecule has 124 valence electrons. The van der Waals surface area contributed by atoms with Crippen molar-refractivity contribution in [1.82, 2.24) is 14.8 Å². The minimum absolute atomic E-state index is 0.0412. The molecule has 0 unspecified atom stereocenters. The number of hydrogen-bond donors (Lipinski definition) is 0. The van der Waals surface area contributed by atoms with Gasteiger partial charge < -0.3 is 9.80 Å². The number of rotatable bonds is 2. The fourth-order valence-electron chi connectivity index (χ4n) is 3.36. The van der Waals surface area contributed by atoms with Gasteiger partial charge in [-0.2, -0.15) is 0 Å². The number of benzene rings is 1. The molecule has 1 fully saturated rings. The van der Waals surface area contributed by atoms with Crippen LogP contribution in [0.15, 0.2) is 29.6 Å². The van der Waals surface area contributed by atoms with Gasteiger partial charge in [0.05, 0.1) is 0 Å². The summed E-state index contributed by atoms with van der Waals surface area (Å²) in [6, 6.07) is 8.22. The minimum atomic E-state index is -0.0822. The highest BCUT2D eigenvalue weighted by Crippen LogP contribution is 2.22. The van der Waals surface area contributed by atoms with E-state index >= 15 is 0 Å². The van der Waals surface area contributed by atoms with Crippen LogP contribution in [-0.4, -0.2) is 46.2 Å². The summed E-state index contributed by atoms with van der Waals surface area (Å²) in [6.45, 7) is 2.90. The summed E-state index contributed by atoms with van der Waals surface area (Å²) in [5.41, 5.74) is 2.90. The van der Waals surface area contributed by atoms with E-state index in [0.717, 1.165) is 32.4 Å². The van der Waals surface area contributed by atoms with Crippen molar-refractivity contribution in [3.63, 3.8) is 0 Å². The van der Waals surface area contributed by atoms with Crippen LogP contribution in [0.4, 0.5) is 0 Å². The number of hydrogen-bond acceptors (Lipinski definition) is 4. The van der Waals surface area contributed by atoms with Gasteiger partial charge in [-0.1, -0.05) is 24.3 Å². The number of likely N-dealkylation sites (tertiary alicyclic amines) is 1. The van der Waals surface area contributed by atoms with Crippen LogP contribution < -0.4 is 0 Å². The molecule has 0 spiro atoms. The lowest BCUT2D eigenvalue weighted by Crippen LogP contribution is -2.36. The third kappa shape index (κ3) is 2.82. The molecule has 6 heteroatoms. The molecule has 2 aliphatic rings. The van der Waals surface area contributed by atoms with Crippen molar-refractivity contribution in [2.45, 2.75) is 25.8 Å². The van der Waals surface area contributed by atoms with Gasteiger partial charge in [-0.3, -0.25) is 9.59 Å². The standard InChI is InChI=1S/C18H19N3O2S/c22-17(21-10-7-13-5-1-2-6-14(13)11-21)15-12-24-16(19-15)18(23)20-8-3-4-9-20/h1-2,5-6,12H,3-4,7-11H2. The molecule has 2 aliphatic heterocycles. The molecular weight excluding hydrogens is 322 g/mol. The fraction of sp³-hybridized carbons (Fsp3) is 0.389. The Morgan fingerprint density at radius 2 is 1.71 bits per heavy atom. The summed E-state index contributed by atoms with van der Waals surface area (Å²) in [6.07, 6.45) is 2.97. The largest absolute Gasteiger partial charge is 0.337 e. The monoisotopic (exact) mass is 341 g/mol. The fourth-order valence-corrected chi connectivity index (χ4v) is 4.11. The van der Waals surface area contributed by atoms with E-state index in [1.165, 1.54) is 22.5 Å². The van der Waals surface area contributed by atoms with E-state index in [4.69, 9.17) is 0 Å². The molecule has 2 amide bonds. The maximum atomic E-state index is 12.7. The zero-order valence-corrected chi connectivity index (χ0v) is 14.2. The summed E-state index contributed by atoms with van der Waals surface area (Å²) in [7, 11) is 0. The van der Waals surface area contributed by atoms with E-state index in [1.807, 2.05) is 21.9 Å². The molecule has 0 radical (unpaired) electrons. The predicted octanol–water partition coefficient (Wildman–Crippen LogP) is 2.58. The number of thiazole rings is 1. The molecule has 0 saturated carbocycles. The number of amides is 2. The topological polar surface area (TPSA) is 53.5 Å². The van der Waals surface area contributed by atoms with E-state index in [-0.39, 0.29) is 11.8 Å². The predicted molar refractivity (Wildman–Crippen MR) is 92.1 cm³/mol. The van der Waals surface area contributed by atoms with Crippen molar-refractivity contribution in [3.8, 4) is 0 Å². The Morgan fingerprint density at radius 3 is 2.50 bits per heavy atom. The first-order valence-electron chi connectivity index (χ1n) is 8.33. The normalized spacial score (nSPS) is 17.0. The van der Waals surface area contributed by atoms with E-state index < -0.39 is 0 Å². The first-order valence-corrected chi connectivity index (χ1v) is 9.21. The Hall–Kier alpha value is -2.21. The van der Waals surface area contributed by atoms with Crippen molar-refractivity contribution < 1.29 is 9.59 Å². The first kappa shape index (κ1) is 15.3. The van der Waals surface area contributed by atoms with Gasteiger partial charge in [0.1, 0.15) is 5.69 Å². The molecule has 0 aliphatic carbocycles. The summed E-state index contributed by atoms with van der Waals surface area (Å²) in [5, 5.41) is 2.14. The van der Waals surface area contributed by atoms with Gasteiger partial charge in [-0.15, -0.1) is 11.3 Å². The smallest absolute Gasteiger partial charge is 0.282 e. The second kappa shape index (κ2) is 6.36. The van der Waals surface area contributed by atoms with Gasteiger partial charge in [0, 0.05) is 31.6 Å². The molecule has 3 heterocycles. The first-order chi connectivity index (χ1) is 11.7. The van der Waals surface area contributed by atoms with E-state index in [9.17, 15) is 9.59 Å². The van der Waals surface area contributed by atoms with Crippen molar-refractivity contribution in [3.05, 3.63) is 51.5 Å². The lowest BCUT2D eigenvalue weighted by atomic mass is 10.00. The molecule has 4 rings (SSSR count). The Labute approximate surface area is 144 Å². The van der Waals surface area contributed by atoms with Crippen LogP contribution in [0.5, 0.6) is 0 Å². The Kier molecular flexibility index (Phi) is 4.06. The number of nitrogens with zero attached hydrogens (tertiary/aromatic N) is 3. The molecule has 24 heavy (non-hydrogen) atoms. The summed E-state index contributed by atoms with van der Waals surface area (Å²) in [4.78, 5) is 33.1. The number of carbonyl (C=O) groups is 2. The Balaban J connectivity index is 1.48. The minimum Gasteiger partial charge on any atom is -0.337 e. The van der Waals surface area contributed by atoms with Crippen LogP contribution in [0.25, 0.3) is 0 Å². The maximum Gasteiger partial charge on any atom is 0.282 e. The van der Waals surface area contributed by atoms with Crippen molar-refractivity contribution in [2.24, 2.45) is 0 Å². The van der Waals surface area contributed by atoms with Crippen LogP contribution in [0, 0.1) is 0 Å². The lowest BCUT2D eigenvalue weighted by molar-refractivity contribution is 0.0729. The van der Waals surface area contributed by atoms with E-state index in [2.05, 4.69) is 17.1 Å². The molecule has 2 aromatic rings. The molecule has 5 nitrogen and oxygen atoms in total. The average Bonchev–Trinajstić information content (AvgIpc) is 3.32. The van der Waals surface area contributed by atoms with Gasteiger partial charge in [-0.05, 0) is 30.4 Å². The van der Waals surface area contributed by atoms with Crippen LogP contribution in [0.2, 0.25) is 0 Å². The van der Waals surface area contributed by atoms with Gasteiger partial charge in [0.25, 0.3) is 11.8 Å². The van der Waals surface area contributed by atoms with Crippen molar-refractivity contribution in [2.75, 3.05) is 19.6 Å². The molecule has 1 aromatic heterocycles. The molecular formula is C18H19N3O2S. The van der Waals surface area contributed by atoms with E-state index in [0.29, 0.717) is 23.8 Å². The number of aromatic nitrogens is 1. The third-order valence-corrected chi connectivity index (χ3v) is 5.55. The highest BCUT2D eigenvalue weighted by atomic mass is 32.1. The van der Waals surface area contributed by atoms with Gasteiger partial charge in [-0.25, -0.2) is 4.98 Å². The third-order valence-electron chi connectivity index (χ3n) is 4.72. The lowest BCUT2D eigenvalue weighted by Gasteiger charge is -2.28. The molecule has 1 aromatic carbocycles. The highest BCUT2D eigenvalue weighted by Gasteiger charge is 2.26. The van der Waals surface area contributed by atoms with E-state index in [1.54, 1.807) is 5.38 Å². The second-order valence-corrected chi connectivity index (χ2v) is 7.14. The van der Waals surface area contributed by atoms with Gasteiger partial charge in [0.15, 0.2) is 5.01 Å². The maximum absolute atomic E-state index is 12.7. The molecule has 0 bridgehead atoms. The number of carbonyl (C=O) groups excluding carboxylic acids is 2. The summed E-state index contributed by atoms with van der Waals surface area (Å²) >= 11 is 1.27. The molecule has 1 saturated heterocycles. The molecule has 0 N–H and O–H groups in total. The second-order valence-electron chi connectivity index (χ2n) is 6.28. The molecule has 0 atom stereocenters. The highest BCUT2D eigenvalue weighted by molar-refractivity contribution is 7.11. The van der Waals surface area contributed by atoms with Crippen LogP contribution in [-0.2, 0) is 13.0 Å². The Bertz CT molecular complexity index is 780. The van der Waals surface area contributed by atoms with Crippen LogP contribution >= 0.6 is 11.3 Å². The zero-order valence-electron chi connectivity index (χ0n) is 13.4. The van der Waals surface area contributed by atoms with Crippen molar-refractivity contribution in [1.29, 1.82) is 0 Å². The van der Waals surface area contributed by atoms with Gasteiger partial charge in [0.2, 0.25) is 0 Å². The van der Waals surface area contributed by atoms with Gasteiger partial charge >= 0.3 is 0 Å². The average molecular weight is 341 g/mol. The van der Waals surface area contributed by atoms with Crippen molar-refractivity contribution >= 4 is 23.2 Å². The van der Waals surface area contributed by atoms with Crippen LogP contribution in [0.3, 0.4) is 0 Å². The summed E-state index contributed by atoms with van der Waals surface area (Å²) < 4.78 is 0. The zero-order chi connectivity index (χ0) is 16.5.